The molecule has 0 aliphatic carbocycles. The van der Waals surface area contributed by atoms with Crippen LogP contribution < -0.4 is 4.74 Å². The maximum absolute atomic E-state index is 13.3. The van der Waals surface area contributed by atoms with Gasteiger partial charge in [0.25, 0.3) is 5.91 Å². The highest BCUT2D eigenvalue weighted by molar-refractivity contribution is 6.32. The van der Waals surface area contributed by atoms with Crippen molar-refractivity contribution in [3.05, 3.63) is 57.8 Å². The second-order valence-electron chi connectivity index (χ2n) is 7.74. The molecule has 0 spiro atoms. The quantitative estimate of drug-likeness (QED) is 0.421. The van der Waals surface area contributed by atoms with Crippen molar-refractivity contribution in [2.75, 3.05) is 13.7 Å². The standard InChI is InChI=1S/C23H27Cl2N3O2/c1-5-10-28-20-12-17(24)7-8-19(20)26-22(28)14-27(13-15(2)3)23(29)16-6-9-21(30-4)18(25)11-16/h6-9,11-12,15H,5,10,13-14H2,1-4H3. The Bertz CT molecular complexity index is 1050. The fourth-order valence-corrected chi connectivity index (χ4v) is 3.98. The van der Waals surface area contributed by atoms with Crippen molar-refractivity contribution >= 4 is 40.1 Å². The van der Waals surface area contributed by atoms with Crippen molar-refractivity contribution in [2.24, 2.45) is 5.92 Å². The van der Waals surface area contributed by atoms with E-state index >= 15 is 0 Å². The minimum absolute atomic E-state index is 0.0820. The summed E-state index contributed by atoms with van der Waals surface area (Å²) in [5.74, 6) is 1.62. The zero-order chi connectivity index (χ0) is 21.8. The van der Waals surface area contributed by atoms with E-state index in [2.05, 4.69) is 25.3 Å². The van der Waals surface area contributed by atoms with Gasteiger partial charge < -0.3 is 14.2 Å². The molecule has 30 heavy (non-hydrogen) atoms. The van der Waals surface area contributed by atoms with Crippen LogP contribution in [0.5, 0.6) is 5.75 Å². The van der Waals surface area contributed by atoms with Gasteiger partial charge in [-0.1, -0.05) is 44.0 Å². The molecule has 0 N–H and O–H groups in total. The average molecular weight is 448 g/mol. The molecule has 3 aromatic rings. The number of hydrogen-bond donors (Lipinski definition) is 0. The van der Waals surface area contributed by atoms with Crippen LogP contribution in [0.2, 0.25) is 10.0 Å². The molecule has 1 aromatic heterocycles. The molecule has 0 unspecified atom stereocenters. The van der Waals surface area contributed by atoms with E-state index in [4.69, 9.17) is 32.9 Å². The van der Waals surface area contributed by atoms with E-state index in [1.165, 1.54) is 0 Å². The zero-order valence-corrected chi connectivity index (χ0v) is 19.3. The molecule has 160 valence electrons. The summed E-state index contributed by atoms with van der Waals surface area (Å²) in [6.45, 7) is 8.14. The van der Waals surface area contributed by atoms with Gasteiger partial charge in [0, 0.05) is 23.7 Å². The van der Waals surface area contributed by atoms with Gasteiger partial charge in [-0.2, -0.15) is 0 Å². The van der Waals surface area contributed by atoms with Crippen molar-refractivity contribution in [2.45, 2.75) is 40.3 Å². The minimum Gasteiger partial charge on any atom is -0.495 e. The molecular formula is C23H27Cl2N3O2. The number of carbonyl (C=O) groups excluding carboxylic acids is 1. The van der Waals surface area contributed by atoms with Gasteiger partial charge in [-0.15, -0.1) is 0 Å². The van der Waals surface area contributed by atoms with Gasteiger partial charge in [-0.05, 0) is 48.7 Å². The van der Waals surface area contributed by atoms with E-state index in [1.807, 2.05) is 23.1 Å². The maximum Gasteiger partial charge on any atom is 0.254 e. The molecule has 7 heteroatoms. The lowest BCUT2D eigenvalue weighted by Crippen LogP contribution is -2.34. The van der Waals surface area contributed by atoms with Crippen LogP contribution >= 0.6 is 23.2 Å². The molecule has 0 saturated carbocycles. The van der Waals surface area contributed by atoms with E-state index in [0.717, 1.165) is 29.8 Å². The van der Waals surface area contributed by atoms with E-state index in [1.54, 1.807) is 25.3 Å². The smallest absolute Gasteiger partial charge is 0.254 e. The summed E-state index contributed by atoms with van der Waals surface area (Å²) in [6, 6.07) is 10.8. The van der Waals surface area contributed by atoms with Crippen LogP contribution in [0, 0.1) is 5.92 Å². The Morgan fingerprint density at radius 1 is 1.20 bits per heavy atom. The topological polar surface area (TPSA) is 47.4 Å². The Labute approximate surface area is 187 Å². The first-order valence-corrected chi connectivity index (χ1v) is 10.9. The molecule has 0 radical (unpaired) electrons. The molecule has 1 heterocycles. The second kappa shape index (κ2) is 9.71. The third kappa shape index (κ3) is 4.90. The SMILES string of the molecule is CCCn1c(CN(CC(C)C)C(=O)c2ccc(OC)c(Cl)c2)nc2ccc(Cl)cc21. The van der Waals surface area contributed by atoms with Gasteiger partial charge in [0.05, 0.1) is 29.7 Å². The third-order valence-electron chi connectivity index (χ3n) is 4.84. The Morgan fingerprint density at radius 2 is 1.97 bits per heavy atom. The number of fused-ring (bicyclic) bond motifs is 1. The number of ether oxygens (including phenoxy) is 1. The summed E-state index contributed by atoms with van der Waals surface area (Å²) in [5.41, 5.74) is 2.40. The number of hydrogen-bond acceptors (Lipinski definition) is 3. The summed E-state index contributed by atoms with van der Waals surface area (Å²) in [4.78, 5) is 20.0. The molecule has 0 fully saturated rings. The van der Waals surface area contributed by atoms with Gasteiger partial charge in [-0.3, -0.25) is 4.79 Å². The third-order valence-corrected chi connectivity index (χ3v) is 5.37. The first kappa shape index (κ1) is 22.4. The highest BCUT2D eigenvalue weighted by Crippen LogP contribution is 2.27. The monoisotopic (exact) mass is 447 g/mol. The molecule has 0 saturated heterocycles. The Balaban J connectivity index is 1.98. The largest absolute Gasteiger partial charge is 0.495 e. The van der Waals surface area contributed by atoms with Crippen LogP contribution in [0.25, 0.3) is 11.0 Å². The zero-order valence-electron chi connectivity index (χ0n) is 17.8. The van der Waals surface area contributed by atoms with Crippen LogP contribution in [-0.2, 0) is 13.1 Å². The van der Waals surface area contributed by atoms with Gasteiger partial charge in [-0.25, -0.2) is 4.98 Å². The fraction of sp³-hybridized carbons (Fsp3) is 0.391. The van der Waals surface area contributed by atoms with E-state index < -0.39 is 0 Å². The molecule has 0 bridgehead atoms. The Morgan fingerprint density at radius 3 is 2.60 bits per heavy atom. The Kier molecular flexibility index (Phi) is 7.27. The number of benzene rings is 2. The summed E-state index contributed by atoms with van der Waals surface area (Å²) in [7, 11) is 1.55. The second-order valence-corrected chi connectivity index (χ2v) is 8.59. The number of nitrogens with zero attached hydrogens (tertiary/aromatic N) is 3. The summed E-state index contributed by atoms with van der Waals surface area (Å²) in [6.07, 6.45) is 0.956. The van der Waals surface area contributed by atoms with E-state index in [-0.39, 0.29) is 5.91 Å². The number of imidazole rings is 1. The first-order valence-electron chi connectivity index (χ1n) is 10.1. The predicted molar refractivity (Wildman–Crippen MR) is 123 cm³/mol. The van der Waals surface area contributed by atoms with Crippen LogP contribution in [0.1, 0.15) is 43.4 Å². The molecule has 0 aliphatic heterocycles. The summed E-state index contributed by atoms with van der Waals surface area (Å²) >= 11 is 12.5. The number of halogens is 2. The van der Waals surface area contributed by atoms with Crippen LogP contribution in [0.4, 0.5) is 0 Å². The predicted octanol–water partition coefficient (Wildman–Crippen LogP) is 6.06. The van der Waals surface area contributed by atoms with Crippen molar-refractivity contribution in [1.29, 1.82) is 0 Å². The number of methoxy groups -OCH3 is 1. The summed E-state index contributed by atoms with van der Waals surface area (Å²) in [5, 5.41) is 1.09. The minimum atomic E-state index is -0.0820. The number of carbonyl (C=O) groups is 1. The molecule has 0 atom stereocenters. The van der Waals surface area contributed by atoms with Gasteiger partial charge in [0.2, 0.25) is 0 Å². The maximum atomic E-state index is 13.3. The normalized spacial score (nSPS) is 11.3. The number of rotatable bonds is 8. The lowest BCUT2D eigenvalue weighted by molar-refractivity contribution is 0.0716. The number of aryl methyl sites for hydroxylation is 1. The molecule has 0 aliphatic rings. The molecule has 5 nitrogen and oxygen atoms in total. The van der Waals surface area contributed by atoms with Crippen LogP contribution in [0.3, 0.4) is 0 Å². The number of aromatic nitrogens is 2. The number of amides is 1. The molecule has 2 aromatic carbocycles. The Hall–Kier alpha value is -2.24. The van der Waals surface area contributed by atoms with Crippen molar-refractivity contribution in [1.82, 2.24) is 14.5 Å². The molecular weight excluding hydrogens is 421 g/mol. The lowest BCUT2D eigenvalue weighted by Gasteiger charge is -2.25. The lowest BCUT2D eigenvalue weighted by atomic mass is 10.1. The first-order chi connectivity index (χ1) is 14.3. The van der Waals surface area contributed by atoms with Crippen molar-refractivity contribution in [3.8, 4) is 5.75 Å². The van der Waals surface area contributed by atoms with Crippen LogP contribution in [0.15, 0.2) is 36.4 Å². The van der Waals surface area contributed by atoms with Gasteiger partial charge in [0.1, 0.15) is 11.6 Å². The molecule has 1 amide bonds. The van der Waals surface area contributed by atoms with Gasteiger partial charge in [0.15, 0.2) is 0 Å². The van der Waals surface area contributed by atoms with Gasteiger partial charge >= 0.3 is 0 Å². The highest BCUT2D eigenvalue weighted by Gasteiger charge is 2.22. The average Bonchev–Trinajstić information content (AvgIpc) is 3.03. The van der Waals surface area contributed by atoms with E-state index in [9.17, 15) is 4.79 Å². The molecule has 3 rings (SSSR count). The van der Waals surface area contributed by atoms with E-state index in [0.29, 0.717) is 40.4 Å². The van der Waals surface area contributed by atoms with Crippen molar-refractivity contribution in [3.63, 3.8) is 0 Å². The summed E-state index contributed by atoms with van der Waals surface area (Å²) < 4.78 is 7.36. The van der Waals surface area contributed by atoms with Crippen molar-refractivity contribution < 1.29 is 9.53 Å². The van der Waals surface area contributed by atoms with Crippen LogP contribution in [-0.4, -0.2) is 34.0 Å². The fourth-order valence-electron chi connectivity index (χ4n) is 3.55. The highest BCUT2D eigenvalue weighted by atomic mass is 35.5.